The summed E-state index contributed by atoms with van der Waals surface area (Å²) in [5.41, 5.74) is 6.41. The minimum absolute atomic E-state index is 0. The van der Waals surface area contributed by atoms with Crippen LogP contribution < -0.4 is 11.1 Å². The monoisotopic (exact) mass is 377 g/mol. The van der Waals surface area contributed by atoms with E-state index < -0.39 is 10.0 Å². The Labute approximate surface area is 149 Å². The lowest BCUT2D eigenvalue weighted by molar-refractivity contribution is 0.0730. The minimum atomic E-state index is -3.63. The Morgan fingerprint density at radius 1 is 1.38 bits per heavy atom. The molecular weight excluding hydrogens is 354 g/mol. The van der Waals surface area contributed by atoms with Gasteiger partial charge in [0.1, 0.15) is 0 Å². The maximum absolute atomic E-state index is 12.8. The Morgan fingerprint density at radius 3 is 2.58 bits per heavy atom. The van der Waals surface area contributed by atoms with Gasteiger partial charge in [0.15, 0.2) is 0 Å². The number of carbonyl (C=O) groups is 1. The van der Waals surface area contributed by atoms with Crippen LogP contribution in [0.2, 0.25) is 0 Å². The Balaban J connectivity index is 0.00000288. The average Bonchev–Trinajstić information content (AvgIpc) is 2.55. The summed E-state index contributed by atoms with van der Waals surface area (Å²) in [5, 5.41) is 2.73. The number of sulfonamides is 1. The number of morpholine rings is 1. The SMILES string of the molecule is Cc1ccc(C(=O)N[C@@H](C)CN)cc1S(=O)(=O)N1CCOCC1.Cl. The van der Waals surface area contributed by atoms with Gasteiger partial charge in [-0.2, -0.15) is 4.31 Å². The molecule has 3 N–H and O–H groups in total. The van der Waals surface area contributed by atoms with E-state index in [1.54, 1.807) is 26.0 Å². The van der Waals surface area contributed by atoms with Crippen LogP contribution >= 0.6 is 12.4 Å². The second kappa shape index (κ2) is 8.77. The predicted molar refractivity (Wildman–Crippen MR) is 94.0 cm³/mol. The first-order valence-corrected chi connectivity index (χ1v) is 8.99. The van der Waals surface area contributed by atoms with Gasteiger partial charge in [-0.1, -0.05) is 6.07 Å². The van der Waals surface area contributed by atoms with Crippen LogP contribution in [0.1, 0.15) is 22.8 Å². The zero-order valence-corrected chi connectivity index (χ0v) is 15.5. The summed E-state index contributed by atoms with van der Waals surface area (Å²) in [6.45, 7) is 5.23. The maximum atomic E-state index is 12.8. The third kappa shape index (κ3) is 4.67. The summed E-state index contributed by atoms with van der Waals surface area (Å²) in [6.07, 6.45) is 0. The minimum Gasteiger partial charge on any atom is -0.379 e. The summed E-state index contributed by atoms with van der Waals surface area (Å²) in [5.74, 6) is -0.332. The first kappa shape index (κ1) is 20.9. The molecule has 1 aliphatic rings. The van der Waals surface area contributed by atoms with Gasteiger partial charge < -0.3 is 15.8 Å². The van der Waals surface area contributed by atoms with Crippen molar-refractivity contribution in [1.82, 2.24) is 9.62 Å². The van der Waals surface area contributed by atoms with Crippen LogP contribution in [0.4, 0.5) is 0 Å². The first-order valence-electron chi connectivity index (χ1n) is 7.55. The Bertz CT molecular complexity index is 675. The van der Waals surface area contributed by atoms with Gasteiger partial charge in [0.05, 0.1) is 18.1 Å². The van der Waals surface area contributed by atoms with E-state index in [2.05, 4.69) is 5.32 Å². The van der Waals surface area contributed by atoms with Crippen LogP contribution in [0.5, 0.6) is 0 Å². The van der Waals surface area contributed by atoms with Gasteiger partial charge in [0.25, 0.3) is 5.91 Å². The maximum Gasteiger partial charge on any atom is 0.251 e. The standard InChI is InChI=1S/C15H23N3O4S.ClH/c1-11-3-4-13(15(19)17-12(2)10-16)9-14(11)23(20,21)18-5-7-22-8-6-18;/h3-4,9,12H,5-8,10,16H2,1-2H3,(H,17,19);1H/t12-;/m0./s1. The third-order valence-electron chi connectivity index (χ3n) is 3.77. The molecule has 1 heterocycles. The Hall–Kier alpha value is -1.19. The number of ether oxygens (including phenoxy) is 1. The van der Waals surface area contributed by atoms with Gasteiger partial charge >= 0.3 is 0 Å². The number of rotatable bonds is 5. The number of hydrogen-bond acceptors (Lipinski definition) is 5. The summed E-state index contributed by atoms with van der Waals surface area (Å²) < 4.78 is 32.1. The van der Waals surface area contributed by atoms with Crippen molar-refractivity contribution in [3.8, 4) is 0 Å². The van der Waals surface area contributed by atoms with Crippen molar-refractivity contribution in [2.24, 2.45) is 5.73 Å². The highest BCUT2D eigenvalue weighted by atomic mass is 35.5. The molecule has 0 aliphatic carbocycles. The fourth-order valence-corrected chi connectivity index (χ4v) is 3.97. The van der Waals surface area contributed by atoms with E-state index in [9.17, 15) is 13.2 Å². The van der Waals surface area contributed by atoms with E-state index in [0.717, 1.165) is 0 Å². The van der Waals surface area contributed by atoms with Gasteiger partial charge in [-0.3, -0.25) is 4.79 Å². The topological polar surface area (TPSA) is 102 Å². The summed E-state index contributed by atoms with van der Waals surface area (Å²) >= 11 is 0. The molecule has 0 saturated carbocycles. The van der Waals surface area contributed by atoms with E-state index in [4.69, 9.17) is 10.5 Å². The lowest BCUT2D eigenvalue weighted by atomic mass is 10.1. The quantitative estimate of drug-likeness (QED) is 0.778. The van der Waals surface area contributed by atoms with E-state index >= 15 is 0 Å². The number of nitrogens with one attached hydrogen (secondary N) is 1. The van der Waals surface area contributed by atoms with Crippen molar-refractivity contribution in [2.75, 3.05) is 32.8 Å². The molecule has 136 valence electrons. The Kier molecular flexibility index (Phi) is 7.62. The zero-order chi connectivity index (χ0) is 17.0. The molecule has 0 aromatic heterocycles. The van der Waals surface area contributed by atoms with Crippen LogP contribution in [0.15, 0.2) is 23.1 Å². The highest BCUT2D eigenvalue weighted by Gasteiger charge is 2.28. The van der Waals surface area contributed by atoms with E-state index in [1.807, 2.05) is 0 Å². The lowest BCUT2D eigenvalue weighted by Gasteiger charge is -2.26. The van der Waals surface area contributed by atoms with Gasteiger partial charge in [-0.15, -0.1) is 12.4 Å². The number of nitrogens with two attached hydrogens (primary N) is 1. The number of nitrogens with zero attached hydrogens (tertiary/aromatic N) is 1. The second-order valence-electron chi connectivity index (χ2n) is 5.61. The van der Waals surface area contributed by atoms with Crippen molar-refractivity contribution in [3.05, 3.63) is 29.3 Å². The molecule has 1 aromatic rings. The molecule has 1 aromatic carbocycles. The van der Waals surface area contributed by atoms with E-state index in [0.29, 0.717) is 44.0 Å². The van der Waals surface area contributed by atoms with Crippen molar-refractivity contribution in [1.29, 1.82) is 0 Å². The molecule has 7 nitrogen and oxygen atoms in total. The lowest BCUT2D eigenvalue weighted by Crippen LogP contribution is -2.41. The molecule has 1 aliphatic heterocycles. The highest BCUT2D eigenvalue weighted by Crippen LogP contribution is 2.22. The molecule has 1 saturated heterocycles. The van der Waals surface area contributed by atoms with Gasteiger partial charge in [-0.05, 0) is 31.5 Å². The van der Waals surface area contributed by atoms with Crippen molar-refractivity contribution in [2.45, 2.75) is 24.8 Å². The van der Waals surface area contributed by atoms with Crippen molar-refractivity contribution < 1.29 is 17.9 Å². The summed E-state index contributed by atoms with van der Waals surface area (Å²) in [6, 6.07) is 4.52. The van der Waals surface area contributed by atoms with E-state index in [1.165, 1.54) is 10.4 Å². The molecule has 2 rings (SSSR count). The number of hydrogen-bond donors (Lipinski definition) is 2. The number of amides is 1. The van der Waals surface area contributed by atoms with Crippen LogP contribution in [0, 0.1) is 6.92 Å². The molecule has 24 heavy (non-hydrogen) atoms. The summed E-state index contributed by atoms with van der Waals surface area (Å²) in [7, 11) is -3.63. The van der Waals surface area contributed by atoms with Gasteiger partial charge in [0, 0.05) is 31.2 Å². The van der Waals surface area contributed by atoms with Crippen LogP contribution in [-0.2, 0) is 14.8 Å². The largest absolute Gasteiger partial charge is 0.379 e. The number of aryl methyl sites for hydroxylation is 1. The third-order valence-corrected chi connectivity index (χ3v) is 5.81. The molecule has 0 unspecified atom stereocenters. The normalized spacial score (nSPS) is 17.0. The number of benzene rings is 1. The number of halogens is 1. The molecule has 1 fully saturated rings. The number of carbonyl (C=O) groups excluding carboxylic acids is 1. The van der Waals surface area contributed by atoms with Crippen LogP contribution in [0.3, 0.4) is 0 Å². The average molecular weight is 378 g/mol. The van der Waals surface area contributed by atoms with Gasteiger partial charge in [0.2, 0.25) is 10.0 Å². The Morgan fingerprint density at radius 2 is 2.00 bits per heavy atom. The molecule has 0 bridgehead atoms. The smallest absolute Gasteiger partial charge is 0.251 e. The summed E-state index contributed by atoms with van der Waals surface area (Å²) in [4.78, 5) is 12.3. The second-order valence-corrected chi connectivity index (χ2v) is 7.51. The predicted octanol–water partition coefficient (Wildman–Crippen LogP) is 0.515. The molecule has 0 spiro atoms. The molecular formula is C15H24ClN3O4S. The molecule has 1 amide bonds. The fourth-order valence-electron chi connectivity index (χ4n) is 2.31. The first-order chi connectivity index (χ1) is 10.9. The van der Waals surface area contributed by atoms with Crippen LogP contribution in [0.25, 0.3) is 0 Å². The van der Waals surface area contributed by atoms with Gasteiger partial charge in [-0.25, -0.2) is 8.42 Å². The fraction of sp³-hybridized carbons (Fsp3) is 0.533. The molecule has 9 heteroatoms. The van der Waals surface area contributed by atoms with E-state index in [-0.39, 0.29) is 29.3 Å². The van der Waals surface area contributed by atoms with Crippen LogP contribution in [-0.4, -0.2) is 57.5 Å². The highest BCUT2D eigenvalue weighted by molar-refractivity contribution is 7.89. The van der Waals surface area contributed by atoms with Crippen molar-refractivity contribution >= 4 is 28.3 Å². The molecule has 1 atom stereocenters. The van der Waals surface area contributed by atoms with Crippen molar-refractivity contribution in [3.63, 3.8) is 0 Å². The molecule has 0 radical (unpaired) electrons. The zero-order valence-electron chi connectivity index (χ0n) is 13.8.